The second-order valence-electron chi connectivity index (χ2n) is 3.88. The van der Waals surface area contributed by atoms with Crippen LogP contribution in [0.4, 0.5) is 0 Å². The molecule has 1 N–H and O–H groups in total. The summed E-state index contributed by atoms with van der Waals surface area (Å²) >= 11 is 0. The van der Waals surface area contributed by atoms with Gasteiger partial charge in [0.1, 0.15) is 5.78 Å². The van der Waals surface area contributed by atoms with Crippen molar-refractivity contribution in [2.45, 2.75) is 33.7 Å². The van der Waals surface area contributed by atoms with Gasteiger partial charge in [-0.1, -0.05) is 26.0 Å². The molecule has 5 heteroatoms. The summed E-state index contributed by atoms with van der Waals surface area (Å²) in [5.41, 5.74) is -0.317. The number of carbonyl (C=O) groups excluding carboxylic acids is 1. The minimum Gasteiger partial charge on any atom is -0.307 e. The molecule has 0 saturated heterocycles. The number of nitrogens with zero attached hydrogens (tertiary/aromatic N) is 1. The van der Waals surface area contributed by atoms with E-state index in [9.17, 15) is 14.4 Å². The van der Waals surface area contributed by atoms with Crippen LogP contribution >= 0.6 is 0 Å². The van der Waals surface area contributed by atoms with Crippen molar-refractivity contribution >= 4 is 16.7 Å². The van der Waals surface area contributed by atoms with Crippen molar-refractivity contribution in [1.82, 2.24) is 9.55 Å². The Hall–Kier alpha value is -2.17. The average molecular weight is 262 g/mol. The quantitative estimate of drug-likeness (QED) is 0.915. The van der Waals surface area contributed by atoms with E-state index in [1.54, 1.807) is 24.3 Å². The van der Waals surface area contributed by atoms with Crippen LogP contribution < -0.4 is 11.2 Å². The predicted molar refractivity (Wildman–Crippen MR) is 75.5 cm³/mol. The van der Waals surface area contributed by atoms with Crippen LogP contribution in [0.15, 0.2) is 33.9 Å². The van der Waals surface area contributed by atoms with Gasteiger partial charge in [-0.2, -0.15) is 0 Å². The lowest BCUT2D eigenvalue weighted by atomic mass is 10.2. The molecular formula is C14H18N2O3. The number of rotatable bonds is 3. The highest BCUT2D eigenvalue weighted by Crippen LogP contribution is 2.02. The van der Waals surface area contributed by atoms with Crippen molar-refractivity contribution in [3.8, 4) is 0 Å². The van der Waals surface area contributed by atoms with E-state index in [1.807, 2.05) is 13.8 Å². The maximum atomic E-state index is 12.0. The average Bonchev–Trinajstić information content (AvgIpc) is 2.40. The van der Waals surface area contributed by atoms with Crippen molar-refractivity contribution in [2.75, 3.05) is 0 Å². The predicted octanol–water partition coefficient (Wildman–Crippen LogP) is 1.70. The SMILES string of the molecule is CC.CC(=O)CCn1c(=O)[nH]c2ccccc2c1=O. The summed E-state index contributed by atoms with van der Waals surface area (Å²) in [6, 6.07) is 6.81. The maximum Gasteiger partial charge on any atom is 0.328 e. The lowest BCUT2D eigenvalue weighted by Gasteiger charge is -2.04. The van der Waals surface area contributed by atoms with Crippen molar-refractivity contribution in [1.29, 1.82) is 0 Å². The fraction of sp³-hybridized carbons (Fsp3) is 0.357. The Labute approximate surface area is 110 Å². The third-order valence-corrected chi connectivity index (χ3v) is 2.58. The largest absolute Gasteiger partial charge is 0.328 e. The number of para-hydroxylation sites is 1. The number of benzene rings is 1. The molecule has 5 nitrogen and oxygen atoms in total. The normalized spacial score (nSPS) is 9.84. The van der Waals surface area contributed by atoms with Crippen LogP contribution in [0.1, 0.15) is 27.2 Å². The molecule has 0 fully saturated rings. The summed E-state index contributed by atoms with van der Waals surface area (Å²) in [6.45, 7) is 5.55. The van der Waals surface area contributed by atoms with Crippen LogP contribution in [-0.4, -0.2) is 15.3 Å². The van der Waals surface area contributed by atoms with E-state index in [-0.39, 0.29) is 24.3 Å². The Morgan fingerprint density at radius 1 is 1.21 bits per heavy atom. The number of aromatic nitrogens is 2. The van der Waals surface area contributed by atoms with Crippen LogP contribution in [0.25, 0.3) is 10.9 Å². The van der Waals surface area contributed by atoms with Gasteiger partial charge in [-0.25, -0.2) is 4.79 Å². The number of fused-ring (bicyclic) bond motifs is 1. The van der Waals surface area contributed by atoms with Gasteiger partial charge in [0.25, 0.3) is 5.56 Å². The molecule has 0 unspecified atom stereocenters. The van der Waals surface area contributed by atoms with Gasteiger partial charge in [-0.3, -0.25) is 14.2 Å². The van der Waals surface area contributed by atoms with Gasteiger partial charge >= 0.3 is 5.69 Å². The lowest BCUT2D eigenvalue weighted by molar-refractivity contribution is -0.117. The van der Waals surface area contributed by atoms with Crippen LogP contribution in [0.3, 0.4) is 0 Å². The maximum absolute atomic E-state index is 12.0. The first kappa shape index (κ1) is 14.9. The van der Waals surface area contributed by atoms with E-state index in [2.05, 4.69) is 4.98 Å². The molecule has 0 spiro atoms. The molecule has 0 aliphatic rings. The van der Waals surface area contributed by atoms with Crippen LogP contribution in [0.5, 0.6) is 0 Å². The van der Waals surface area contributed by atoms with Gasteiger partial charge in [-0.05, 0) is 19.1 Å². The second kappa shape index (κ2) is 6.68. The fourth-order valence-corrected chi connectivity index (χ4v) is 1.67. The topological polar surface area (TPSA) is 71.9 Å². The summed E-state index contributed by atoms with van der Waals surface area (Å²) in [5, 5.41) is 0.454. The first-order chi connectivity index (χ1) is 9.09. The molecule has 0 atom stereocenters. The molecule has 1 aromatic heterocycles. The first-order valence-corrected chi connectivity index (χ1v) is 6.31. The third kappa shape index (κ3) is 3.40. The van der Waals surface area contributed by atoms with E-state index in [0.29, 0.717) is 10.9 Å². The number of aromatic amines is 1. The number of H-pyrrole nitrogens is 1. The molecule has 0 amide bonds. The number of carbonyl (C=O) groups is 1. The molecule has 19 heavy (non-hydrogen) atoms. The van der Waals surface area contributed by atoms with E-state index < -0.39 is 5.69 Å². The minimum absolute atomic E-state index is 0.0514. The lowest BCUT2D eigenvalue weighted by Crippen LogP contribution is -2.35. The number of hydrogen-bond acceptors (Lipinski definition) is 3. The van der Waals surface area contributed by atoms with Crippen LogP contribution in [0.2, 0.25) is 0 Å². The van der Waals surface area contributed by atoms with Gasteiger partial charge < -0.3 is 4.98 Å². The minimum atomic E-state index is -0.477. The van der Waals surface area contributed by atoms with Crippen LogP contribution in [-0.2, 0) is 11.3 Å². The Bertz CT molecular complexity index is 683. The summed E-state index contributed by atoms with van der Waals surface area (Å²) in [5.74, 6) is -0.0514. The summed E-state index contributed by atoms with van der Waals surface area (Å²) in [6.07, 6.45) is 0.182. The molecule has 2 rings (SSSR count). The number of nitrogens with one attached hydrogen (secondary N) is 1. The summed E-state index contributed by atoms with van der Waals surface area (Å²) in [7, 11) is 0. The van der Waals surface area contributed by atoms with Crippen molar-refractivity contribution in [2.24, 2.45) is 0 Å². The standard InChI is InChI=1S/C12H12N2O3.C2H6/c1-8(15)6-7-14-11(16)9-4-2-3-5-10(9)13-12(14)17;1-2/h2-5H,6-7H2,1H3,(H,13,17);1-2H3. The van der Waals surface area contributed by atoms with Gasteiger partial charge in [-0.15, -0.1) is 0 Å². The number of ketones is 1. The molecule has 0 bridgehead atoms. The molecule has 2 aromatic rings. The van der Waals surface area contributed by atoms with E-state index in [1.165, 1.54) is 6.92 Å². The molecule has 0 saturated carbocycles. The van der Waals surface area contributed by atoms with E-state index in [0.717, 1.165) is 4.57 Å². The zero-order valence-corrected chi connectivity index (χ0v) is 11.4. The molecule has 1 aromatic carbocycles. The van der Waals surface area contributed by atoms with E-state index >= 15 is 0 Å². The summed E-state index contributed by atoms with van der Waals surface area (Å²) in [4.78, 5) is 37.2. The van der Waals surface area contributed by atoms with Gasteiger partial charge in [0.2, 0.25) is 0 Å². The molecular weight excluding hydrogens is 244 g/mol. The molecule has 0 aliphatic carbocycles. The molecule has 0 radical (unpaired) electrons. The molecule has 1 heterocycles. The van der Waals surface area contributed by atoms with Gasteiger partial charge in [0, 0.05) is 13.0 Å². The Balaban J connectivity index is 0.000000861. The third-order valence-electron chi connectivity index (χ3n) is 2.58. The summed E-state index contributed by atoms with van der Waals surface area (Å²) < 4.78 is 1.06. The number of hydrogen-bond donors (Lipinski definition) is 1. The highest BCUT2D eigenvalue weighted by Gasteiger charge is 2.07. The molecule has 102 valence electrons. The highest BCUT2D eigenvalue weighted by atomic mass is 16.2. The Kier molecular flexibility index (Phi) is 5.23. The van der Waals surface area contributed by atoms with Crippen molar-refractivity contribution < 1.29 is 4.79 Å². The van der Waals surface area contributed by atoms with Crippen LogP contribution in [0, 0.1) is 0 Å². The second-order valence-corrected chi connectivity index (χ2v) is 3.88. The zero-order valence-electron chi connectivity index (χ0n) is 11.4. The monoisotopic (exact) mass is 262 g/mol. The smallest absolute Gasteiger partial charge is 0.307 e. The van der Waals surface area contributed by atoms with Gasteiger partial charge in [0.05, 0.1) is 10.9 Å². The van der Waals surface area contributed by atoms with Gasteiger partial charge in [0.15, 0.2) is 0 Å². The fourth-order valence-electron chi connectivity index (χ4n) is 1.67. The van der Waals surface area contributed by atoms with Crippen molar-refractivity contribution in [3.63, 3.8) is 0 Å². The number of Topliss-reactive ketones (excluding diaryl/α,β-unsaturated/α-hetero) is 1. The first-order valence-electron chi connectivity index (χ1n) is 6.31. The zero-order chi connectivity index (χ0) is 14.4. The highest BCUT2D eigenvalue weighted by molar-refractivity contribution is 5.77. The Morgan fingerprint density at radius 2 is 1.84 bits per heavy atom. The molecule has 0 aliphatic heterocycles. The Morgan fingerprint density at radius 3 is 2.47 bits per heavy atom. The van der Waals surface area contributed by atoms with E-state index in [4.69, 9.17) is 0 Å². The van der Waals surface area contributed by atoms with Crippen molar-refractivity contribution in [3.05, 3.63) is 45.1 Å².